The Kier molecular flexibility index (Phi) is 1.80. The van der Waals surface area contributed by atoms with Gasteiger partial charge >= 0.3 is 0 Å². The van der Waals surface area contributed by atoms with Gasteiger partial charge in [0.1, 0.15) is 17.6 Å². The number of aryl methyl sites for hydroxylation is 1. The van der Waals surface area contributed by atoms with Gasteiger partial charge in [-0.05, 0) is 6.92 Å². The number of nitrogens with zero attached hydrogens (tertiary/aromatic N) is 3. The van der Waals surface area contributed by atoms with E-state index in [0.717, 1.165) is 11.4 Å². The van der Waals surface area contributed by atoms with E-state index in [2.05, 4.69) is 14.9 Å². The number of hydrogen-bond donors (Lipinski definition) is 0. The molecule has 4 nitrogen and oxygen atoms in total. The summed E-state index contributed by atoms with van der Waals surface area (Å²) < 4.78 is 16.9. The third kappa shape index (κ3) is 1.32. The van der Waals surface area contributed by atoms with E-state index < -0.39 is 6.17 Å². The first kappa shape index (κ1) is 7.67. The van der Waals surface area contributed by atoms with Crippen molar-refractivity contribution in [2.24, 2.45) is 0 Å². The lowest BCUT2D eigenvalue weighted by atomic mass is 10.2. The maximum atomic E-state index is 12.4. The highest BCUT2D eigenvalue weighted by molar-refractivity contribution is 5.05. The smallest absolute Gasteiger partial charge is 0.125 e. The minimum absolute atomic E-state index is 0.506. The van der Waals surface area contributed by atoms with Crippen molar-refractivity contribution in [3.8, 4) is 0 Å². The monoisotopic (exact) mass is 171 g/mol. The van der Waals surface area contributed by atoms with Crippen molar-refractivity contribution in [3.05, 3.63) is 11.4 Å². The summed E-state index contributed by atoms with van der Waals surface area (Å²) in [5, 5.41) is 7.35. The Morgan fingerprint density at radius 3 is 2.83 bits per heavy atom. The van der Waals surface area contributed by atoms with Gasteiger partial charge in [-0.1, -0.05) is 10.3 Å². The Bertz CT molecular complexity index is 269. The van der Waals surface area contributed by atoms with E-state index in [1.165, 1.54) is 0 Å². The summed E-state index contributed by atoms with van der Waals surface area (Å²) in [6.07, 6.45) is -0.662. The standard InChI is InChI=1S/C7H10FN3O/c1-5-7(10-12-9-5)4-11-2-6(8)3-11/h6H,2-4H2,1H3. The van der Waals surface area contributed by atoms with Crippen molar-refractivity contribution < 1.29 is 9.02 Å². The molecule has 1 aromatic rings. The molecule has 0 bridgehead atoms. The van der Waals surface area contributed by atoms with Crippen LogP contribution in [0.15, 0.2) is 4.63 Å². The number of hydrogen-bond acceptors (Lipinski definition) is 4. The average molecular weight is 171 g/mol. The van der Waals surface area contributed by atoms with Crippen LogP contribution in [-0.2, 0) is 6.54 Å². The van der Waals surface area contributed by atoms with Crippen LogP contribution in [0.25, 0.3) is 0 Å². The molecule has 12 heavy (non-hydrogen) atoms. The fourth-order valence-electron chi connectivity index (χ4n) is 1.24. The van der Waals surface area contributed by atoms with E-state index in [1.807, 2.05) is 11.8 Å². The van der Waals surface area contributed by atoms with Crippen molar-refractivity contribution in [2.75, 3.05) is 13.1 Å². The molecule has 0 saturated carbocycles. The van der Waals surface area contributed by atoms with Crippen LogP contribution in [0.4, 0.5) is 4.39 Å². The largest absolute Gasteiger partial charge is 0.291 e. The highest BCUT2D eigenvalue weighted by Crippen LogP contribution is 2.15. The summed E-state index contributed by atoms with van der Waals surface area (Å²) in [6.45, 7) is 3.49. The zero-order valence-corrected chi connectivity index (χ0v) is 6.83. The van der Waals surface area contributed by atoms with Gasteiger partial charge in [-0.15, -0.1) is 0 Å². The second kappa shape index (κ2) is 2.82. The van der Waals surface area contributed by atoms with Crippen LogP contribution in [-0.4, -0.2) is 34.5 Å². The molecular weight excluding hydrogens is 161 g/mol. The Balaban J connectivity index is 1.92. The predicted octanol–water partition coefficient (Wildman–Crippen LogP) is 0.532. The molecule has 2 heterocycles. The fourth-order valence-corrected chi connectivity index (χ4v) is 1.24. The summed E-state index contributed by atoms with van der Waals surface area (Å²) >= 11 is 0. The van der Waals surface area contributed by atoms with Gasteiger partial charge in [-0.3, -0.25) is 4.90 Å². The number of halogens is 1. The lowest BCUT2D eigenvalue weighted by Crippen LogP contribution is -2.47. The van der Waals surface area contributed by atoms with Gasteiger partial charge in [-0.2, -0.15) is 0 Å². The Morgan fingerprint density at radius 1 is 1.58 bits per heavy atom. The van der Waals surface area contributed by atoms with Gasteiger partial charge in [0.2, 0.25) is 0 Å². The van der Waals surface area contributed by atoms with E-state index in [4.69, 9.17) is 0 Å². The van der Waals surface area contributed by atoms with Crippen molar-refractivity contribution in [1.29, 1.82) is 0 Å². The fraction of sp³-hybridized carbons (Fsp3) is 0.714. The van der Waals surface area contributed by atoms with Gasteiger partial charge in [0.05, 0.1) is 0 Å². The van der Waals surface area contributed by atoms with Gasteiger partial charge < -0.3 is 0 Å². The highest BCUT2D eigenvalue weighted by Gasteiger charge is 2.27. The zero-order chi connectivity index (χ0) is 8.55. The molecule has 0 aliphatic carbocycles. The van der Waals surface area contributed by atoms with E-state index in [-0.39, 0.29) is 0 Å². The first-order valence-corrected chi connectivity index (χ1v) is 3.90. The summed E-state index contributed by atoms with van der Waals surface area (Å²) in [7, 11) is 0. The first-order valence-electron chi connectivity index (χ1n) is 3.90. The molecule has 5 heteroatoms. The molecule has 0 amide bonds. The molecule has 66 valence electrons. The Hall–Kier alpha value is -0.970. The van der Waals surface area contributed by atoms with Crippen LogP contribution in [0.3, 0.4) is 0 Å². The van der Waals surface area contributed by atoms with E-state index in [1.54, 1.807) is 0 Å². The molecule has 1 aliphatic rings. The zero-order valence-electron chi connectivity index (χ0n) is 6.83. The Morgan fingerprint density at radius 2 is 2.33 bits per heavy atom. The van der Waals surface area contributed by atoms with E-state index in [9.17, 15) is 4.39 Å². The molecule has 0 radical (unpaired) electrons. The van der Waals surface area contributed by atoms with Gasteiger partial charge in [0.25, 0.3) is 0 Å². The van der Waals surface area contributed by atoms with Crippen LogP contribution < -0.4 is 0 Å². The third-order valence-electron chi connectivity index (χ3n) is 2.03. The van der Waals surface area contributed by atoms with Crippen molar-refractivity contribution in [3.63, 3.8) is 0 Å². The van der Waals surface area contributed by atoms with Gasteiger partial charge in [0, 0.05) is 19.6 Å². The minimum atomic E-state index is -0.662. The second-order valence-electron chi connectivity index (χ2n) is 3.09. The summed E-state index contributed by atoms with van der Waals surface area (Å²) in [4.78, 5) is 1.97. The molecule has 0 atom stereocenters. The van der Waals surface area contributed by atoms with Crippen molar-refractivity contribution in [1.82, 2.24) is 15.2 Å². The SMILES string of the molecule is Cc1nonc1CN1CC(F)C1. The number of aromatic nitrogens is 2. The van der Waals surface area contributed by atoms with E-state index in [0.29, 0.717) is 19.6 Å². The molecule has 2 rings (SSSR count). The number of alkyl halides is 1. The third-order valence-corrected chi connectivity index (χ3v) is 2.03. The van der Waals surface area contributed by atoms with Gasteiger partial charge in [-0.25, -0.2) is 9.02 Å². The minimum Gasteiger partial charge on any atom is -0.291 e. The highest BCUT2D eigenvalue weighted by atomic mass is 19.1. The molecule has 0 spiro atoms. The van der Waals surface area contributed by atoms with Crippen LogP contribution in [0.5, 0.6) is 0 Å². The van der Waals surface area contributed by atoms with Crippen LogP contribution in [0.1, 0.15) is 11.4 Å². The summed E-state index contributed by atoms with van der Waals surface area (Å²) in [5.74, 6) is 0. The number of rotatable bonds is 2. The maximum Gasteiger partial charge on any atom is 0.125 e. The molecular formula is C7H10FN3O. The van der Waals surface area contributed by atoms with Crippen molar-refractivity contribution >= 4 is 0 Å². The lowest BCUT2D eigenvalue weighted by Gasteiger charge is -2.33. The second-order valence-corrected chi connectivity index (χ2v) is 3.09. The normalized spacial score (nSPS) is 19.5. The van der Waals surface area contributed by atoms with Crippen LogP contribution in [0.2, 0.25) is 0 Å². The lowest BCUT2D eigenvalue weighted by molar-refractivity contribution is 0.0570. The maximum absolute atomic E-state index is 12.4. The molecule has 0 N–H and O–H groups in total. The quantitative estimate of drug-likeness (QED) is 0.651. The Labute approximate surface area is 69.3 Å². The van der Waals surface area contributed by atoms with Crippen LogP contribution >= 0.6 is 0 Å². The molecule has 0 aromatic carbocycles. The summed E-state index contributed by atoms with van der Waals surface area (Å²) in [5.41, 5.74) is 1.60. The first-order chi connectivity index (χ1) is 5.75. The average Bonchev–Trinajstić information content (AvgIpc) is 2.33. The molecule has 1 aliphatic heterocycles. The van der Waals surface area contributed by atoms with Gasteiger partial charge in [0.15, 0.2) is 0 Å². The van der Waals surface area contributed by atoms with Crippen LogP contribution in [0, 0.1) is 6.92 Å². The molecule has 0 unspecified atom stereocenters. The number of likely N-dealkylation sites (tertiary alicyclic amines) is 1. The predicted molar refractivity (Wildman–Crippen MR) is 39.2 cm³/mol. The molecule has 1 saturated heterocycles. The molecule has 1 fully saturated rings. The van der Waals surface area contributed by atoms with Crippen molar-refractivity contribution in [2.45, 2.75) is 19.6 Å². The van der Waals surface area contributed by atoms with E-state index >= 15 is 0 Å². The topological polar surface area (TPSA) is 42.2 Å². The molecule has 1 aromatic heterocycles. The summed E-state index contributed by atoms with van der Waals surface area (Å²) in [6, 6.07) is 0.